The highest BCUT2D eigenvalue weighted by Gasteiger charge is 2.43. The average Bonchev–Trinajstić information content (AvgIpc) is 3.16. The molecule has 0 aliphatic carbocycles. The molecule has 200 valence electrons. The molecular formula is C25H26F6N4O2. The normalized spacial score (nSPS) is 20.9. The maximum atomic E-state index is 15.6. The Kier molecular flexibility index (Phi) is 6.73. The molecule has 2 atom stereocenters. The van der Waals surface area contributed by atoms with E-state index in [1.54, 1.807) is 11.8 Å². The number of H-pyrrole nitrogens is 1. The molecule has 2 aliphatic heterocycles. The van der Waals surface area contributed by atoms with Gasteiger partial charge in [0.1, 0.15) is 11.6 Å². The quantitative estimate of drug-likeness (QED) is 0.351. The first-order valence-corrected chi connectivity index (χ1v) is 12.1. The van der Waals surface area contributed by atoms with Gasteiger partial charge in [0.05, 0.1) is 24.8 Å². The number of nitrogens with one attached hydrogen (secondary N) is 2. The van der Waals surface area contributed by atoms with Crippen molar-refractivity contribution < 1.29 is 30.8 Å². The number of rotatable bonds is 7. The van der Waals surface area contributed by atoms with Gasteiger partial charge in [-0.2, -0.15) is 13.2 Å². The van der Waals surface area contributed by atoms with E-state index in [-0.39, 0.29) is 29.3 Å². The smallest absolute Gasteiger partial charge is 0.408 e. The molecule has 1 unspecified atom stereocenters. The predicted octanol–water partition coefficient (Wildman–Crippen LogP) is 4.44. The fourth-order valence-electron chi connectivity index (χ4n) is 5.38. The first kappa shape index (κ1) is 25.7. The largest absolute Gasteiger partial charge is 0.417 e. The zero-order valence-electron chi connectivity index (χ0n) is 20.0. The van der Waals surface area contributed by atoms with Crippen LogP contribution in [0, 0.1) is 11.6 Å². The molecule has 2 aliphatic rings. The summed E-state index contributed by atoms with van der Waals surface area (Å²) in [4.78, 5) is 17.1. The van der Waals surface area contributed by atoms with Crippen LogP contribution >= 0.6 is 0 Å². The van der Waals surface area contributed by atoms with Gasteiger partial charge in [-0.05, 0) is 50.1 Å². The average molecular weight is 528 g/mol. The Bertz CT molecular complexity index is 1320. The molecule has 37 heavy (non-hydrogen) atoms. The Balaban J connectivity index is 1.53. The van der Waals surface area contributed by atoms with Crippen LogP contribution in [0.5, 0.6) is 0 Å². The fraction of sp³-hybridized carbons (Fsp3) is 0.480. The summed E-state index contributed by atoms with van der Waals surface area (Å²) in [5.41, 5.74) is 1.03. The lowest BCUT2D eigenvalue weighted by Crippen LogP contribution is -2.58. The molecule has 0 amide bonds. The minimum absolute atomic E-state index is 0.0594. The summed E-state index contributed by atoms with van der Waals surface area (Å²) in [5.74, 6) is -2.65. The number of aromatic amines is 1. The van der Waals surface area contributed by atoms with Crippen molar-refractivity contribution >= 4 is 16.8 Å². The van der Waals surface area contributed by atoms with Crippen LogP contribution < -0.4 is 16.0 Å². The Morgan fingerprint density at radius 1 is 1.16 bits per heavy atom. The third kappa shape index (κ3) is 4.96. The van der Waals surface area contributed by atoms with Crippen molar-refractivity contribution in [1.82, 2.24) is 15.2 Å². The summed E-state index contributed by atoms with van der Waals surface area (Å²) >= 11 is 0. The first-order chi connectivity index (χ1) is 17.6. The monoisotopic (exact) mass is 528 g/mol. The van der Waals surface area contributed by atoms with Crippen LogP contribution in [0.25, 0.3) is 11.1 Å². The number of anilines is 1. The SMILES string of the molecule is C[C@@H]1Cc2c(ccc3[nH]c(=O)oc23)C(c2c(F)cc(N3CC(NCCCF)C3)cc2F)N1CC(F)(F)F. The summed E-state index contributed by atoms with van der Waals surface area (Å²) in [6.07, 6.45) is -4.13. The van der Waals surface area contributed by atoms with E-state index in [0.29, 0.717) is 37.1 Å². The third-order valence-corrected chi connectivity index (χ3v) is 7.11. The van der Waals surface area contributed by atoms with Gasteiger partial charge in [0.25, 0.3) is 0 Å². The zero-order valence-corrected chi connectivity index (χ0v) is 20.0. The molecule has 2 aromatic carbocycles. The second-order valence-electron chi connectivity index (χ2n) is 9.69. The highest BCUT2D eigenvalue weighted by atomic mass is 19.4. The van der Waals surface area contributed by atoms with Crippen molar-refractivity contribution in [2.45, 2.75) is 44.1 Å². The molecule has 6 nitrogen and oxygen atoms in total. The third-order valence-electron chi connectivity index (χ3n) is 7.11. The lowest BCUT2D eigenvalue weighted by molar-refractivity contribution is -0.155. The lowest BCUT2D eigenvalue weighted by Gasteiger charge is -2.43. The van der Waals surface area contributed by atoms with Crippen molar-refractivity contribution in [3.63, 3.8) is 0 Å². The molecule has 0 radical (unpaired) electrons. The standard InChI is InChI=1S/C25H26F6N4O2/c1-13-7-17-16(3-4-20-23(17)37-24(36)33-20)22(35(13)12-25(29,30)31)21-18(27)8-15(9-19(21)28)34-10-14(11-34)32-6-2-5-26/h3-4,8-9,13-14,22,32H,2,5-7,10-12H2,1H3,(H,33,36)/t13-,22?/m1/s1. The van der Waals surface area contributed by atoms with Gasteiger partial charge >= 0.3 is 11.9 Å². The molecule has 0 bridgehead atoms. The Hall–Kier alpha value is -2.99. The Morgan fingerprint density at radius 2 is 1.86 bits per heavy atom. The number of hydrogen-bond acceptors (Lipinski definition) is 5. The van der Waals surface area contributed by atoms with Gasteiger partial charge in [-0.15, -0.1) is 0 Å². The van der Waals surface area contributed by atoms with Crippen molar-refractivity contribution in [2.75, 3.05) is 37.8 Å². The van der Waals surface area contributed by atoms with E-state index in [1.165, 1.54) is 12.1 Å². The van der Waals surface area contributed by atoms with Gasteiger partial charge in [0.2, 0.25) is 0 Å². The van der Waals surface area contributed by atoms with E-state index in [0.717, 1.165) is 17.0 Å². The predicted molar refractivity (Wildman–Crippen MR) is 126 cm³/mol. The van der Waals surface area contributed by atoms with Crippen LogP contribution in [0.2, 0.25) is 0 Å². The van der Waals surface area contributed by atoms with Crippen LogP contribution in [0.3, 0.4) is 0 Å². The van der Waals surface area contributed by atoms with Crippen molar-refractivity contribution in [3.05, 3.63) is 63.1 Å². The minimum atomic E-state index is -4.61. The second-order valence-corrected chi connectivity index (χ2v) is 9.69. The number of benzene rings is 2. The second kappa shape index (κ2) is 9.71. The maximum Gasteiger partial charge on any atom is 0.417 e. The number of hydrogen-bond donors (Lipinski definition) is 2. The van der Waals surface area contributed by atoms with Crippen molar-refractivity contribution in [2.24, 2.45) is 0 Å². The number of fused-ring (bicyclic) bond motifs is 3. The molecule has 3 aromatic rings. The summed E-state index contributed by atoms with van der Waals surface area (Å²) in [6, 6.07) is 3.14. The molecule has 2 N–H and O–H groups in total. The first-order valence-electron chi connectivity index (χ1n) is 12.1. The van der Waals surface area contributed by atoms with Crippen molar-refractivity contribution in [3.8, 4) is 0 Å². The van der Waals surface area contributed by atoms with E-state index >= 15 is 8.78 Å². The highest BCUT2D eigenvalue weighted by molar-refractivity contribution is 5.78. The topological polar surface area (TPSA) is 64.5 Å². The van der Waals surface area contributed by atoms with Crippen LogP contribution in [-0.4, -0.2) is 61.0 Å². The lowest BCUT2D eigenvalue weighted by atomic mass is 9.84. The molecule has 3 heterocycles. The van der Waals surface area contributed by atoms with Gasteiger partial charge in [0.15, 0.2) is 5.58 Å². The van der Waals surface area contributed by atoms with Crippen LogP contribution in [0.1, 0.15) is 36.1 Å². The van der Waals surface area contributed by atoms with E-state index in [4.69, 9.17) is 4.42 Å². The van der Waals surface area contributed by atoms with Gasteiger partial charge in [-0.1, -0.05) is 6.07 Å². The number of aromatic nitrogens is 1. The molecule has 5 rings (SSSR count). The number of alkyl halides is 4. The fourth-order valence-corrected chi connectivity index (χ4v) is 5.38. The van der Waals surface area contributed by atoms with Crippen LogP contribution in [0.15, 0.2) is 33.5 Å². The van der Waals surface area contributed by atoms with Crippen molar-refractivity contribution in [1.29, 1.82) is 0 Å². The Labute approximate surface area is 208 Å². The van der Waals surface area contributed by atoms with Crippen LogP contribution in [0.4, 0.5) is 32.0 Å². The van der Waals surface area contributed by atoms with E-state index in [1.807, 2.05) is 0 Å². The molecule has 1 fully saturated rings. The highest BCUT2D eigenvalue weighted by Crippen LogP contribution is 2.44. The summed E-state index contributed by atoms with van der Waals surface area (Å²) in [5, 5.41) is 3.16. The van der Waals surface area contributed by atoms with Gasteiger partial charge in [0, 0.05) is 42.0 Å². The maximum absolute atomic E-state index is 15.6. The van der Waals surface area contributed by atoms with Gasteiger partial charge in [-0.3, -0.25) is 14.3 Å². The minimum Gasteiger partial charge on any atom is -0.408 e. The zero-order chi connectivity index (χ0) is 26.5. The number of nitrogens with zero attached hydrogens (tertiary/aromatic N) is 2. The molecule has 1 aromatic heterocycles. The number of oxazole rings is 1. The molecule has 0 spiro atoms. The van der Waals surface area contributed by atoms with E-state index < -0.39 is 54.4 Å². The Morgan fingerprint density at radius 3 is 2.51 bits per heavy atom. The van der Waals surface area contributed by atoms with Gasteiger partial charge < -0.3 is 14.6 Å². The molecule has 0 saturated carbocycles. The molecule has 12 heteroatoms. The van der Waals surface area contributed by atoms with Gasteiger partial charge in [-0.25, -0.2) is 13.6 Å². The number of halogens is 6. The van der Waals surface area contributed by atoms with Crippen LogP contribution in [-0.2, 0) is 6.42 Å². The summed E-state index contributed by atoms with van der Waals surface area (Å²) in [6.45, 7) is 1.19. The van der Waals surface area contributed by atoms with E-state index in [2.05, 4.69) is 10.3 Å². The summed E-state index contributed by atoms with van der Waals surface area (Å²) in [7, 11) is 0. The summed E-state index contributed by atoms with van der Waals surface area (Å²) < 4.78 is 89.5. The molecule has 1 saturated heterocycles. The van der Waals surface area contributed by atoms with E-state index in [9.17, 15) is 22.4 Å². The molecular weight excluding hydrogens is 502 g/mol.